The Morgan fingerprint density at radius 1 is 1.03 bits per heavy atom. The number of hydrogen-bond acceptors (Lipinski definition) is 3. The molecule has 0 spiro atoms. The van der Waals surface area contributed by atoms with Crippen LogP contribution in [0.4, 0.5) is 4.39 Å². The molecule has 37 heavy (non-hydrogen) atoms. The summed E-state index contributed by atoms with van der Waals surface area (Å²) in [7, 11) is 0. The van der Waals surface area contributed by atoms with E-state index in [1.165, 1.54) is 17.8 Å². The summed E-state index contributed by atoms with van der Waals surface area (Å²) in [6.07, 6.45) is 2.22. The number of halogens is 3. The molecule has 0 aliphatic carbocycles. The van der Waals surface area contributed by atoms with E-state index >= 15 is 0 Å². The first-order valence-corrected chi connectivity index (χ1v) is 14.6. The maximum Gasteiger partial charge on any atom is 0.243 e. The van der Waals surface area contributed by atoms with Crippen LogP contribution in [-0.4, -0.2) is 35.1 Å². The van der Waals surface area contributed by atoms with Crippen molar-refractivity contribution in [3.8, 4) is 0 Å². The number of hydrogen-bond donors (Lipinski definition) is 1. The van der Waals surface area contributed by atoms with Crippen LogP contribution in [0.15, 0.2) is 77.3 Å². The van der Waals surface area contributed by atoms with Crippen LogP contribution in [0.25, 0.3) is 0 Å². The van der Waals surface area contributed by atoms with Crippen LogP contribution in [0.3, 0.4) is 0 Å². The van der Waals surface area contributed by atoms with Crippen LogP contribution in [0.2, 0.25) is 5.02 Å². The van der Waals surface area contributed by atoms with Gasteiger partial charge in [0.2, 0.25) is 11.8 Å². The molecule has 4 nitrogen and oxygen atoms in total. The van der Waals surface area contributed by atoms with E-state index in [4.69, 9.17) is 11.6 Å². The topological polar surface area (TPSA) is 49.4 Å². The van der Waals surface area contributed by atoms with Gasteiger partial charge in [-0.25, -0.2) is 4.39 Å². The Labute approximate surface area is 236 Å². The van der Waals surface area contributed by atoms with Crippen molar-refractivity contribution in [2.45, 2.75) is 44.5 Å². The highest BCUT2D eigenvalue weighted by atomic mass is 79.9. The molecule has 0 unspecified atom stereocenters. The average Bonchev–Trinajstić information content (AvgIpc) is 2.89. The Hall–Kier alpha value is -2.35. The van der Waals surface area contributed by atoms with Crippen LogP contribution in [0.1, 0.15) is 36.5 Å². The molecule has 2 amide bonds. The van der Waals surface area contributed by atoms with Crippen LogP contribution in [0, 0.1) is 5.82 Å². The summed E-state index contributed by atoms with van der Waals surface area (Å²) >= 11 is 10.9. The van der Waals surface area contributed by atoms with Gasteiger partial charge in [0.05, 0.1) is 5.75 Å². The number of carbonyl (C=O) groups excluding carboxylic acids is 2. The van der Waals surface area contributed by atoms with Gasteiger partial charge < -0.3 is 10.2 Å². The van der Waals surface area contributed by atoms with Gasteiger partial charge in [0.1, 0.15) is 11.9 Å². The Morgan fingerprint density at radius 3 is 2.43 bits per heavy atom. The van der Waals surface area contributed by atoms with Gasteiger partial charge in [-0.15, -0.1) is 11.8 Å². The molecule has 0 heterocycles. The second kappa shape index (κ2) is 15.2. The van der Waals surface area contributed by atoms with Gasteiger partial charge in [-0.2, -0.15) is 0 Å². The minimum Gasteiger partial charge on any atom is -0.354 e. The normalized spacial score (nSPS) is 11.7. The quantitative estimate of drug-likeness (QED) is 0.213. The summed E-state index contributed by atoms with van der Waals surface area (Å²) in [6.45, 7) is 2.91. The van der Waals surface area contributed by atoms with Crippen LogP contribution < -0.4 is 5.32 Å². The maximum atomic E-state index is 14.2. The molecule has 3 aromatic rings. The Balaban J connectivity index is 1.84. The molecule has 0 saturated heterocycles. The molecule has 3 aromatic carbocycles. The molecule has 1 N–H and O–H groups in total. The lowest BCUT2D eigenvalue weighted by molar-refractivity contribution is -0.139. The Morgan fingerprint density at radius 2 is 1.76 bits per heavy atom. The Bertz CT molecular complexity index is 1140. The van der Waals surface area contributed by atoms with E-state index in [-0.39, 0.29) is 29.9 Å². The first kappa shape index (κ1) is 29.2. The summed E-state index contributed by atoms with van der Waals surface area (Å²) in [6, 6.07) is 21.3. The number of benzene rings is 3. The third-order valence-electron chi connectivity index (χ3n) is 5.90. The van der Waals surface area contributed by atoms with Gasteiger partial charge >= 0.3 is 0 Å². The van der Waals surface area contributed by atoms with Gasteiger partial charge in [-0.3, -0.25) is 9.59 Å². The summed E-state index contributed by atoms with van der Waals surface area (Å²) in [5, 5.41) is 3.35. The molecule has 1 atom stereocenters. The first-order chi connectivity index (χ1) is 17.9. The van der Waals surface area contributed by atoms with Gasteiger partial charge in [0, 0.05) is 40.3 Å². The molecule has 0 bridgehead atoms. The van der Waals surface area contributed by atoms with E-state index < -0.39 is 11.9 Å². The van der Waals surface area contributed by atoms with Crippen molar-refractivity contribution in [1.29, 1.82) is 0 Å². The molecule has 0 radical (unpaired) electrons. The monoisotopic (exact) mass is 604 g/mol. The largest absolute Gasteiger partial charge is 0.354 e. The summed E-state index contributed by atoms with van der Waals surface area (Å²) < 4.78 is 15.2. The smallest absolute Gasteiger partial charge is 0.243 e. The Kier molecular flexibility index (Phi) is 12.0. The fourth-order valence-electron chi connectivity index (χ4n) is 3.84. The fourth-order valence-corrected chi connectivity index (χ4v) is 5.35. The first-order valence-electron chi connectivity index (χ1n) is 12.2. The van der Waals surface area contributed by atoms with Gasteiger partial charge in [0.15, 0.2) is 0 Å². The van der Waals surface area contributed by atoms with E-state index in [9.17, 15) is 14.0 Å². The molecule has 0 aliphatic heterocycles. The zero-order valence-electron chi connectivity index (χ0n) is 20.8. The number of nitrogens with one attached hydrogen (secondary N) is 1. The molecule has 3 rings (SSSR count). The number of thioether (sulfide) groups is 1. The lowest BCUT2D eigenvalue weighted by Crippen LogP contribution is -2.51. The van der Waals surface area contributed by atoms with Crippen molar-refractivity contribution >= 4 is 51.1 Å². The highest BCUT2D eigenvalue weighted by Crippen LogP contribution is 2.25. The highest BCUT2D eigenvalue weighted by molar-refractivity contribution is 9.10. The summed E-state index contributed by atoms with van der Waals surface area (Å²) in [5.74, 6) is -0.405. The lowest BCUT2D eigenvalue weighted by atomic mass is 10.0. The van der Waals surface area contributed by atoms with E-state index in [1.807, 2.05) is 54.6 Å². The molecule has 0 aliphatic rings. The van der Waals surface area contributed by atoms with Crippen LogP contribution in [0.5, 0.6) is 0 Å². The zero-order chi connectivity index (χ0) is 26.6. The third-order valence-corrected chi connectivity index (χ3v) is 7.73. The van der Waals surface area contributed by atoms with Gasteiger partial charge in [-0.1, -0.05) is 89.4 Å². The molecular formula is C29H31BrClFN2O2S. The number of nitrogens with zero attached hydrogens (tertiary/aromatic N) is 1. The minimum absolute atomic E-state index is 0.0920. The van der Waals surface area contributed by atoms with Crippen molar-refractivity contribution in [1.82, 2.24) is 10.2 Å². The fraction of sp³-hybridized carbons (Fsp3) is 0.310. The molecule has 8 heteroatoms. The minimum atomic E-state index is -0.687. The van der Waals surface area contributed by atoms with E-state index in [2.05, 4.69) is 28.2 Å². The van der Waals surface area contributed by atoms with Crippen molar-refractivity contribution in [3.63, 3.8) is 0 Å². The predicted molar refractivity (Wildman–Crippen MR) is 154 cm³/mol. The zero-order valence-corrected chi connectivity index (χ0v) is 23.9. The number of rotatable bonds is 13. The van der Waals surface area contributed by atoms with Gasteiger partial charge in [0.25, 0.3) is 0 Å². The SMILES string of the molecule is CCCCNC(=O)[C@H](Cc1ccccc1)N(Cc1ccc(Br)cc1)C(=O)CSCc1c(F)cccc1Cl. The van der Waals surface area contributed by atoms with Crippen molar-refractivity contribution < 1.29 is 14.0 Å². The van der Waals surface area contributed by atoms with Crippen molar-refractivity contribution in [2.24, 2.45) is 0 Å². The van der Waals surface area contributed by atoms with Crippen LogP contribution in [-0.2, 0) is 28.3 Å². The number of unbranched alkanes of at least 4 members (excludes halogenated alkanes) is 1. The highest BCUT2D eigenvalue weighted by Gasteiger charge is 2.30. The standard InChI is InChI=1S/C29H31BrClFN2O2S/c1-2-3-16-33-29(36)27(17-21-8-5-4-6-9-21)34(18-22-12-14-23(30)15-13-22)28(35)20-37-19-24-25(31)10-7-11-26(24)32/h4-15,27H,2-3,16-20H2,1H3,(H,33,36)/t27-/m0/s1. The molecular weight excluding hydrogens is 575 g/mol. The molecule has 0 aromatic heterocycles. The van der Waals surface area contributed by atoms with E-state index in [1.54, 1.807) is 17.0 Å². The summed E-state index contributed by atoms with van der Waals surface area (Å²) in [4.78, 5) is 28.7. The second-order valence-electron chi connectivity index (χ2n) is 8.69. The molecule has 0 fully saturated rings. The maximum absolute atomic E-state index is 14.2. The predicted octanol–water partition coefficient (Wildman–Crippen LogP) is 7.03. The number of carbonyl (C=O) groups is 2. The van der Waals surface area contributed by atoms with Crippen molar-refractivity contribution in [3.05, 3.63) is 105 Å². The third kappa shape index (κ3) is 9.16. The number of amides is 2. The summed E-state index contributed by atoms with van der Waals surface area (Å²) in [5.41, 5.74) is 2.26. The molecule has 0 saturated carbocycles. The lowest BCUT2D eigenvalue weighted by Gasteiger charge is -2.31. The second-order valence-corrected chi connectivity index (χ2v) is 11.0. The van der Waals surface area contributed by atoms with E-state index in [0.717, 1.165) is 28.4 Å². The van der Waals surface area contributed by atoms with E-state index in [0.29, 0.717) is 23.6 Å². The van der Waals surface area contributed by atoms with Crippen molar-refractivity contribution in [2.75, 3.05) is 12.3 Å². The van der Waals surface area contributed by atoms with Crippen LogP contribution >= 0.6 is 39.3 Å². The average molecular weight is 606 g/mol. The molecule has 196 valence electrons. The van der Waals surface area contributed by atoms with Gasteiger partial charge in [-0.05, 0) is 41.8 Å².